The molecule has 14 heavy (non-hydrogen) atoms. The number of rotatable bonds is 3. The van der Waals surface area contributed by atoms with Gasteiger partial charge in [-0.2, -0.15) is 4.31 Å². The molecule has 0 saturated carbocycles. The number of sulfonamides is 1. The molecule has 1 heterocycles. The van der Waals surface area contributed by atoms with E-state index in [4.69, 9.17) is 0 Å². The lowest BCUT2D eigenvalue weighted by Crippen LogP contribution is -2.45. The standard InChI is InChI=1S/C9H17NO3S/c1-3-4-8-7-9(11)5-6-10(8)14(2,12)13/h8H,3-7H2,1-2H3. The molecule has 0 aliphatic carbocycles. The van der Waals surface area contributed by atoms with Crippen LogP contribution in [-0.2, 0) is 14.8 Å². The van der Waals surface area contributed by atoms with Crippen LogP contribution in [0.15, 0.2) is 0 Å². The van der Waals surface area contributed by atoms with Gasteiger partial charge in [0.25, 0.3) is 0 Å². The van der Waals surface area contributed by atoms with Crippen molar-refractivity contribution in [3.8, 4) is 0 Å². The monoisotopic (exact) mass is 219 g/mol. The number of carbonyl (C=O) groups excluding carboxylic acids is 1. The molecule has 0 aromatic heterocycles. The molecule has 1 saturated heterocycles. The topological polar surface area (TPSA) is 54.5 Å². The number of carbonyl (C=O) groups is 1. The molecule has 0 N–H and O–H groups in total. The summed E-state index contributed by atoms with van der Waals surface area (Å²) in [5.41, 5.74) is 0. The van der Waals surface area contributed by atoms with E-state index in [1.165, 1.54) is 10.6 Å². The van der Waals surface area contributed by atoms with E-state index >= 15 is 0 Å². The second kappa shape index (κ2) is 4.40. The maximum Gasteiger partial charge on any atom is 0.211 e. The van der Waals surface area contributed by atoms with Crippen molar-refractivity contribution in [2.45, 2.75) is 38.6 Å². The van der Waals surface area contributed by atoms with Crippen LogP contribution in [0.4, 0.5) is 0 Å². The molecule has 0 aromatic rings. The highest BCUT2D eigenvalue weighted by Gasteiger charge is 2.31. The quantitative estimate of drug-likeness (QED) is 0.705. The van der Waals surface area contributed by atoms with Crippen molar-refractivity contribution in [2.75, 3.05) is 12.8 Å². The molecule has 0 bridgehead atoms. The first-order valence-electron chi connectivity index (χ1n) is 4.93. The van der Waals surface area contributed by atoms with Crippen molar-refractivity contribution in [1.29, 1.82) is 0 Å². The van der Waals surface area contributed by atoms with Gasteiger partial charge in [-0.1, -0.05) is 13.3 Å². The molecule has 1 rings (SSSR count). The fourth-order valence-corrected chi connectivity index (χ4v) is 3.04. The maximum atomic E-state index is 11.4. The molecule has 1 fully saturated rings. The Balaban J connectivity index is 2.77. The number of hydrogen-bond acceptors (Lipinski definition) is 3. The highest BCUT2D eigenvalue weighted by molar-refractivity contribution is 7.88. The number of nitrogens with zero attached hydrogens (tertiary/aromatic N) is 1. The third-order valence-electron chi connectivity index (χ3n) is 2.53. The minimum atomic E-state index is -3.14. The fraction of sp³-hybridized carbons (Fsp3) is 0.889. The lowest BCUT2D eigenvalue weighted by Gasteiger charge is -2.32. The molecule has 82 valence electrons. The van der Waals surface area contributed by atoms with E-state index in [0.29, 0.717) is 19.4 Å². The van der Waals surface area contributed by atoms with Crippen LogP contribution in [0.5, 0.6) is 0 Å². The number of piperidine rings is 1. The Labute approximate surface area is 85.3 Å². The van der Waals surface area contributed by atoms with Crippen LogP contribution in [0.1, 0.15) is 32.6 Å². The van der Waals surface area contributed by atoms with E-state index in [0.717, 1.165) is 12.8 Å². The summed E-state index contributed by atoms with van der Waals surface area (Å²) < 4.78 is 24.3. The van der Waals surface area contributed by atoms with Crippen LogP contribution >= 0.6 is 0 Å². The van der Waals surface area contributed by atoms with Gasteiger partial charge in [-0.15, -0.1) is 0 Å². The molecule has 0 spiro atoms. The number of ketones is 1. The predicted octanol–water partition coefficient (Wildman–Crippen LogP) is 0.780. The zero-order valence-corrected chi connectivity index (χ0v) is 9.51. The van der Waals surface area contributed by atoms with Gasteiger partial charge in [0, 0.05) is 25.4 Å². The van der Waals surface area contributed by atoms with E-state index in [-0.39, 0.29) is 11.8 Å². The van der Waals surface area contributed by atoms with Crippen LogP contribution in [-0.4, -0.2) is 37.3 Å². The van der Waals surface area contributed by atoms with Crippen LogP contribution < -0.4 is 0 Å². The first-order chi connectivity index (χ1) is 6.45. The summed E-state index contributed by atoms with van der Waals surface area (Å²) in [5.74, 6) is 0.184. The van der Waals surface area contributed by atoms with Gasteiger partial charge in [-0.25, -0.2) is 8.42 Å². The van der Waals surface area contributed by atoms with Crippen molar-refractivity contribution in [3.05, 3.63) is 0 Å². The van der Waals surface area contributed by atoms with Crippen molar-refractivity contribution >= 4 is 15.8 Å². The van der Waals surface area contributed by atoms with E-state index in [2.05, 4.69) is 0 Å². The van der Waals surface area contributed by atoms with E-state index in [1.54, 1.807) is 0 Å². The third kappa shape index (κ3) is 2.78. The summed E-state index contributed by atoms with van der Waals surface area (Å²) in [5, 5.41) is 0. The van der Waals surface area contributed by atoms with Crippen LogP contribution in [0.2, 0.25) is 0 Å². The highest BCUT2D eigenvalue weighted by atomic mass is 32.2. The van der Waals surface area contributed by atoms with Gasteiger partial charge in [0.15, 0.2) is 0 Å². The van der Waals surface area contributed by atoms with Gasteiger partial charge in [-0.05, 0) is 6.42 Å². The van der Waals surface area contributed by atoms with Gasteiger partial charge in [0.05, 0.1) is 6.26 Å². The molecule has 4 nitrogen and oxygen atoms in total. The predicted molar refractivity (Wildman–Crippen MR) is 54.5 cm³/mol. The molecule has 0 radical (unpaired) electrons. The lowest BCUT2D eigenvalue weighted by molar-refractivity contribution is -0.121. The van der Waals surface area contributed by atoms with E-state index in [1.807, 2.05) is 6.92 Å². The SMILES string of the molecule is CCCC1CC(=O)CCN1S(C)(=O)=O. The summed E-state index contributed by atoms with van der Waals surface area (Å²) in [7, 11) is -3.14. The third-order valence-corrected chi connectivity index (χ3v) is 3.86. The molecule has 5 heteroatoms. The van der Waals surface area contributed by atoms with Gasteiger partial charge in [-0.3, -0.25) is 4.79 Å². The summed E-state index contributed by atoms with van der Waals surface area (Å²) in [6.45, 7) is 2.36. The molecule has 1 aliphatic heterocycles. The van der Waals surface area contributed by atoms with Crippen molar-refractivity contribution < 1.29 is 13.2 Å². The molecular formula is C9H17NO3S. The molecular weight excluding hydrogens is 202 g/mol. The summed E-state index contributed by atoms with van der Waals surface area (Å²) >= 11 is 0. The molecule has 1 aliphatic rings. The van der Waals surface area contributed by atoms with Gasteiger partial charge < -0.3 is 0 Å². The van der Waals surface area contributed by atoms with Gasteiger partial charge in [0.2, 0.25) is 10.0 Å². The normalized spacial score (nSPS) is 25.3. The average molecular weight is 219 g/mol. The first-order valence-corrected chi connectivity index (χ1v) is 6.78. The average Bonchev–Trinajstić information content (AvgIpc) is 2.02. The highest BCUT2D eigenvalue weighted by Crippen LogP contribution is 2.21. The van der Waals surface area contributed by atoms with E-state index in [9.17, 15) is 13.2 Å². The molecule has 1 unspecified atom stereocenters. The Morgan fingerprint density at radius 1 is 1.50 bits per heavy atom. The largest absolute Gasteiger partial charge is 0.300 e. The Kier molecular flexibility index (Phi) is 3.66. The zero-order valence-electron chi connectivity index (χ0n) is 8.69. The van der Waals surface area contributed by atoms with Crippen molar-refractivity contribution in [2.24, 2.45) is 0 Å². The molecule has 0 aromatic carbocycles. The lowest BCUT2D eigenvalue weighted by atomic mass is 10.00. The zero-order chi connectivity index (χ0) is 10.8. The minimum absolute atomic E-state index is 0.101. The van der Waals surface area contributed by atoms with Crippen LogP contribution in [0.25, 0.3) is 0 Å². The Morgan fingerprint density at radius 3 is 2.64 bits per heavy atom. The summed E-state index contributed by atoms with van der Waals surface area (Å²) in [6.07, 6.45) is 3.66. The molecule has 1 atom stereocenters. The van der Waals surface area contributed by atoms with Gasteiger partial charge >= 0.3 is 0 Å². The second-order valence-corrected chi connectivity index (χ2v) is 5.74. The maximum absolute atomic E-state index is 11.4. The Hall–Kier alpha value is -0.420. The second-order valence-electron chi connectivity index (χ2n) is 3.81. The summed E-state index contributed by atoms with van der Waals surface area (Å²) in [4.78, 5) is 11.2. The molecule has 0 amide bonds. The Morgan fingerprint density at radius 2 is 2.14 bits per heavy atom. The smallest absolute Gasteiger partial charge is 0.211 e. The number of Topliss-reactive ketones (excluding diaryl/α,β-unsaturated/α-hetero) is 1. The van der Waals surface area contributed by atoms with Crippen LogP contribution in [0.3, 0.4) is 0 Å². The minimum Gasteiger partial charge on any atom is -0.300 e. The fourth-order valence-electron chi connectivity index (χ4n) is 1.90. The van der Waals surface area contributed by atoms with Crippen molar-refractivity contribution in [3.63, 3.8) is 0 Å². The van der Waals surface area contributed by atoms with Gasteiger partial charge in [0.1, 0.15) is 5.78 Å². The Bertz CT molecular complexity index is 310. The van der Waals surface area contributed by atoms with Crippen molar-refractivity contribution in [1.82, 2.24) is 4.31 Å². The first kappa shape index (κ1) is 11.7. The summed E-state index contributed by atoms with van der Waals surface area (Å²) in [6, 6.07) is -0.101. The number of hydrogen-bond donors (Lipinski definition) is 0. The van der Waals surface area contributed by atoms with Crippen LogP contribution in [0, 0.1) is 0 Å². The van der Waals surface area contributed by atoms with E-state index < -0.39 is 10.0 Å².